The Labute approximate surface area is 178 Å². The molecule has 0 bridgehead atoms. The maximum Gasteiger partial charge on any atom is 0.224 e. The quantitative estimate of drug-likeness (QED) is 0.759. The van der Waals surface area contributed by atoms with E-state index in [0.29, 0.717) is 12.6 Å². The molecule has 1 atom stereocenters. The van der Waals surface area contributed by atoms with Gasteiger partial charge < -0.3 is 10.2 Å². The van der Waals surface area contributed by atoms with E-state index < -0.39 is 0 Å². The van der Waals surface area contributed by atoms with E-state index >= 15 is 0 Å². The molecule has 3 heterocycles. The lowest BCUT2D eigenvalue weighted by atomic mass is 9.93. The first-order valence-corrected chi connectivity index (χ1v) is 11.8. The smallest absolute Gasteiger partial charge is 0.224 e. The van der Waals surface area contributed by atoms with Crippen molar-refractivity contribution in [3.8, 4) is 0 Å². The van der Waals surface area contributed by atoms with Crippen LogP contribution in [0.25, 0.3) is 0 Å². The van der Waals surface area contributed by atoms with E-state index in [1.807, 2.05) is 5.38 Å². The van der Waals surface area contributed by atoms with Crippen molar-refractivity contribution in [2.24, 2.45) is 5.92 Å². The van der Waals surface area contributed by atoms with E-state index in [1.165, 1.54) is 31.5 Å². The summed E-state index contributed by atoms with van der Waals surface area (Å²) < 4.78 is 0. The zero-order chi connectivity index (χ0) is 19.9. The van der Waals surface area contributed by atoms with Crippen molar-refractivity contribution in [2.45, 2.75) is 44.7 Å². The van der Waals surface area contributed by atoms with Gasteiger partial charge in [0, 0.05) is 30.7 Å². The molecule has 1 N–H and O–H groups in total. The Morgan fingerprint density at radius 2 is 1.97 bits per heavy atom. The molecule has 2 aliphatic rings. The average Bonchev–Trinajstić information content (AvgIpc) is 3.31. The number of piperidine rings is 2. The van der Waals surface area contributed by atoms with Crippen LogP contribution in [0.2, 0.25) is 0 Å². The van der Waals surface area contributed by atoms with E-state index in [9.17, 15) is 4.79 Å². The van der Waals surface area contributed by atoms with Gasteiger partial charge in [-0.2, -0.15) is 0 Å². The molecule has 0 saturated carbocycles. The van der Waals surface area contributed by atoms with Crippen molar-refractivity contribution in [1.29, 1.82) is 0 Å². The van der Waals surface area contributed by atoms with Crippen LogP contribution in [0, 0.1) is 5.92 Å². The van der Waals surface area contributed by atoms with Crippen molar-refractivity contribution < 1.29 is 4.79 Å². The van der Waals surface area contributed by atoms with Gasteiger partial charge >= 0.3 is 0 Å². The number of carbonyl (C=O) groups is 1. The summed E-state index contributed by atoms with van der Waals surface area (Å²) in [5, 5.41) is 6.03. The molecule has 6 heteroatoms. The number of nitrogens with one attached hydrogen (secondary N) is 1. The number of likely N-dealkylation sites (tertiary alicyclic amines) is 2. The molecule has 4 rings (SSSR count). The number of aromatic nitrogens is 1. The Morgan fingerprint density at radius 3 is 2.72 bits per heavy atom. The van der Waals surface area contributed by atoms with Crippen LogP contribution in [0.3, 0.4) is 0 Å². The largest absolute Gasteiger partial charge is 0.349 e. The van der Waals surface area contributed by atoms with E-state index in [4.69, 9.17) is 0 Å². The second-order valence-corrected chi connectivity index (χ2v) is 9.27. The molecule has 2 aromatic rings. The van der Waals surface area contributed by atoms with E-state index in [-0.39, 0.29) is 11.8 Å². The average molecular weight is 413 g/mol. The Balaban J connectivity index is 1.19. The number of hydrogen-bond donors (Lipinski definition) is 1. The second-order valence-electron chi connectivity index (χ2n) is 8.29. The molecule has 0 spiro atoms. The van der Waals surface area contributed by atoms with Gasteiger partial charge in [-0.25, -0.2) is 4.98 Å². The molecule has 156 valence electrons. The standard InChI is InChI=1S/C23H32N4OS/c28-23(25-17-22-24-11-16-29-22)20-7-4-12-27(18-20)21-9-14-26(15-10-21)13-8-19-5-2-1-3-6-19/h1-3,5-6,11,16,20-21H,4,7-10,12-15,17-18H2,(H,25,28)/t20-/m1/s1. The second kappa shape index (κ2) is 10.3. The third kappa shape index (κ3) is 5.87. The maximum atomic E-state index is 12.6. The highest BCUT2D eigenvalue weighted by Gasteiger charge is 2.31. The molecule has 1 aromatic carbocycles. The Kier molecular flexibility index (Phi) is 7.30. The van der Waals surface area contributed by atoms with Crippen LogP contribution in [0.4, 0.5) is 0 Å². The summed E-state index contributed by atoms with van der Waals surface area (Å²) in [5.41, 5.74) is 1.43. The van der Waals surface area contributed by atoms with Crippen LogP contribution >= 0.6 is 11.3 Å². The summed E-state index contributed by atoms with van der Waals surface area (Å²) in [6.07, 6.45) is 7.52. The summed E-state index contributed by atoms with van der Waals surface area (Å²) in [5.74, 6) is 0.324. The number of hydrogen-bond acceptors (Lipinski definition) is 5. The molecule has 1 amide bonds. The minimum atomic E-state index is 0.125. The molecule has 2 fully saturated rings. The zero-order valence-corrected chi connectivity index (χ0v) is 17.9. The predicted molar refractivity (Wildman–Crippen MR) is 118 cm³/mol. The summed E-state index contributed by atoms with van der Waals surface area (Å²) in [6, 6.07) is 11.4. The van der Waals surface area contributed by atoms with Crippen molar-refractivity contribution >= 4 is 17.2 Å². The number of thiazole rings is 1. The fraction of sp³-hybridized carbons (Fsp3) is 0.565. The van der Waals surface area contributed by atoms with Gasteiger partial charge in [0.05, 0.1) is 12.5 Å². The lowest BCUT2D eigenvalue weighted by Crippen LogP contribution is -2.50. The molecule has 5 nitrogen and oxygen atoms in total. The summed E-state index contributed by atoms with van der Waals surface area (Å²) in [7, 11) is 0. The third-order valence-electron chi connectivity index (χ3n) is 6.35. The third-order valence-corrected chi connectivity index (χ3v) is 7.13. The molecule has 29 heavy (non-hydrogen) atoms. The van der Waals surface area contributed by atoms with Gasteiger partial charge in [0.2, 0.25) is 5.91 Å². The first-order chi connectivity index (χ1) is 14.3. The number of amides is 1. The van der Waals surface area contributed by atoms with E-state index in [1.54, 1.807) is 17.5 Å². The fourth-order valence-corrected chi connectivity index (χ4v) is 5.20. The van der Waals surface area contributed by atoms with Crippen LogP contribution < -0.4 is 5.32 Å². The zero-order valence-electron chi connectivity index (χ0n) is 17.1. The van der Waals surface area contributed by atoms with Crippen LogP contribution in [0.15, 0.2) is 41.9 Å². The Morgan fingerprint density at radius 1 is 1.14 bits per heavy atom. The van der Waals surface area contributed by atoms with Crippen molar-refractivity contribution in [2.75, 3.05) is 32.7 Å². The van der Waals surface area contributed by atoms with Gasteiger partial charge in [-0.1, -0.05) is 30.3 Å². The first kappa shape index (κ1) is 20.5. The Bertz CT molecular complexity index is 744. The molecular weight excluding hydrogens is 380 g/mol. The number of nitrogens with zero attached hydrogens (tertiary/aromatic N) is 3. The first-order valence-electron chi connectivity index (χ1n) is 10.9. The summed E-state index contributed by atoms with van der Waals surface area (Å²) >= 11 is 1.60. The van der Waals surface area contributed by atoms with Crippen LogP contribution in [0.5, 0.6) is 0 Å². The van der Waals surface area contributed by atoms with Crippen molar-refractivity contribution in [3.63, 3.8) is 0 Å². The SMILES string of the molecule is O=C(NCc1nccs1)[C@@H]1CCCN(C2CCN(CCc3ccccc3)CC2)C1. The molecule has 1 aromatic heterocycles. The monoisotopic (exact) mass is 412 g/mol. The lowest BCUT2D eigenvalue weighted by Gasteiger charge is -2.42. The highest BCUT2D eigenvalue weighted by atomic mass is 32.1. The molecule has 0 radical (unpaired) electrons. The van der Waals surface area contributed by atoms with Gasteiger partial charge in [-0.05, 0) is 57.3 Å². The van der Waals surface area contributed by atoms with Gasteiger partial charge in [-0.3, -0.25) is 9.69 Å². The van der Waals surface area contributed by atoms with Gasteiger partial charge in [0.15, 0.2) is 0 Å². The normalized spacial score (nSPS) is 21.9. The molecule has 0 unspecified atom stereocenters. The van der Waals surface area contributed by atoms with Gasteiger partial charge in [0.1, 0.15) is 5.01 Å². The van der Waals surface area contributed by atoms with Gasteiger partial charge in [-0.15, -0.1) is 11.3 Å². The minimum Gasteiger partial charge on any atom is -0.349 e. The molecule has 0 aliphatic carbocycles. The van der Waals surface area contributed by atoms with Crippen molar-refractivity contribution in [3.05, 3.63) is 52.5 Å². The minimum absolute atomic E-state index is 0.125. The number of benzene rings is 1. The summed E-state index contributed by atoms with van der Waals surface area (Å²) in [6.45, 7) is 6.12. The van der Waals surface area contributed by atoms with Crippen LogP contribution in [-0.2, 0) is 17.8 Å². The lowest BCUT2D eigenvalue weighted by molar-refractivity contribution is -0.127. The number of carbonyl (C=O) groups excluding carboxylic acids is 1. The van der Waals surface area contributed by atoms with Crippen LogP contribution in [-0.4, -0.2) is 59.5 Å². The molecule has 2 saturated heterocycles. The Hall–Kier alpha value is -1.76. The number of rotatable bonds is 7. The molecule has 2 aliphatic heterocycles. The van der Waals surface area contributed by atoms with E-state index in [2.05, 4.69) is 50.4 Å². The van der Waals surface area contributed by atoms with E-state index in [0.717, 1.165) is 43.9 Å². The topological polar surface area (TPSA) is 48.5 Å². The molecular formula is C23H32N4OS. The fourth-order valence-electron chi connectivity index (χ4n) is 4.64. The predicted octanol–water partition coefficient (Wildman–Crippen LogP) is 3.18. The maximum absolute atomic E-state index is 12.6. The summed E-state index contributed by atoms with van der Waals surface area (Å²) in [4.78, 5) is 22.1. The highest BCUT2D eigenvalue weighted by molar-refractivity contribution is 7.09. The van der Waals surface area contributed by atoms with Crippen molar-refractivity contribution in [1.82, 2.24) is 20.1 Å². The highest BCUT2D eigenvalue weighted by Crippen LogP contribution is 2.24. The van der Waals surface area contributed by atoms with Crippen LogP contribution in [0.1, 0.15) is 36.3 Å². The van der Waals surface area contributed by atoms with Gasteiger partial charge in [0.25, 0.3) is 0 Å².